The van der Waals surface area contributed by atoms with E-state index >= 15 is 0 Å². The molecule has 4 nitrogen and oxygen atoms in total. The molecule has 0 atom stereocenters. The van der Waals surface area contributed by atoms with Gasteiger partial charge in [0.2, 0.25) is 0 Å². The fraction of sp³-hybridized carbons (Fsp3) is 0.133. The van der Waals surface area contributed by atoms with Crippen LogP contribution in [-0.2, 0) is 11.3 Å². The van der Waals surface area contributed by atoms with Crippen LogP contribution in [0.25, 0.3) is 0 Å². The van der Waals surface area contributed by atoms with Gasteiger partial charge < -0.3 is 15.8 Å². The van der Waals surface area contributed by atoms with E-state index < -0.39 is 0 Å². The number of rotatable bonds is 5. The Morgan fingerprint density at radius 2 is 1.74 bits per heavy atom. The lowest BCUT2D eigenvalue weighted by Gasteiger charge is -2.10. The Balaban J connectivity index is 1.91. The van der Waals surface area contributed by atoms with Gasteiger partial charge in [-0.15, -0.1) is 0 Å². The van der Waals surface area contributed by atoms with Crippen molar-refractivity contribution >= 4 is 11.6 Å². The molecule has 0 aromatic heterocycles. The third kappa shape index (κ3) is 3.82. The van der Waals surface area contributed by atoms with E-state index in [-0.39, 0.29) is 12.5 Å². The van der Waals surface area contributed by atoms with Gasteiger partial charge in [0.25, 0.3) is 5.91 Å². The molecule has 0 saturated heterocycles. The number of carbonyl (C=O) groups is 1. The third-order valence-electron chi connectivity index (χ3n) is 2.62. The number of benzene rings is 2. The number of nitrogens with one attached hydrogen (secondary N) is 1. The number of nitrogens with two attached hydrogens (primary N) is 1. The molecular weight excluding hydrogens is 240 g/mol. The molecule has 0 spiro atoms. The number of hydrogen-bond donors (Lipinski definition) is 2. The molecule has 0 saturated carbocycles. The average molecular weight is 256 g/mol. The van der Waals surface area contributed by atoms with E-state index in [1.165, 1.54) is 0 Å². The lowest BCUT2D eigenvalue weighted by atomic mass is 10.2. The van der Waals surface area contributed by atoms with Crippen molar-refractivity contribution in [3.63, 3.8) is 0 Å². The minimum Gasteiger partial charge on any atom is -0.484 e. The summed E-state index contributed by atoms with van der Waals surface area (Å²) in [6.07, 6.45) is 0. The highest BCUT2D eigenvalue weighted by molar-refractivity contribution is 5.92. The number of carbonyl (C=O) groups excluding carboxylic acids is 1. The molecule has 0 aliphatic heterocycles. The Hall–Kier alpha value is -2.33. The predicted molar refractivity (Wildman–Crippen MR) is 74.9 cm³/mol. The molecule has 19 heavy (non-hydrogen) atoms. The van der Waals surface area contributed by atoms with Crippen molar-refractivity contribution in [3.05, 3.63) is 60.2 Å². The maximum Gasteiger partial charge on any atom is 0.262 e. The van der Waals surface area contributed by atoms with Gasteiger partial charge in [-0.1, -0.05) is 36.4 Å². The summed E-state index contributed by atoms with van der Waals surface area (Å²) in [6, 6.07) is 16.7. The van der Waals surface area contributed by atoms with Crippen LogP contribution >= 0.6 is 0 Å². The summed E-state index contributed by atoms with van der Waals surface area (Å²) in [7, 11) is 0. The highest BCUT2D eigenvalue weighted by Gasteiger charge is 2.06. The first-order chi connectivity index (χ1) is 9.29. The van der Waals surface area contributed by atoms with Crippen LogP contribution < -0.4 is 15.8 Å². The molecule has 0 radical (unpaired) electrons. The molecule has 0 aliphatic rings. The van der Waals surface area contributed by atoms with Gasteiger partial charge in [-0.05, 0) is 23.8 Å². The van der Waals surface area contributed by atoms with Gasteiger partial charge in [0, 0.05) is 12.2 Å². The van der Waals surface area contributed by atoms with Crippen LogP contribution in [0.4, 0.5) is 5.69 Å². The van der Waals surface area contributed by atoms with E-state index in [2.05, 4.69) is 5.32 Å². The van der Waals surface area contributed by atoms with Crippen molar-refractivity contribution in [1.82, 2.24) is 0 Å². The standard InChI is InChI=1S/C15H16N2O2/c16-10-12-6-4-5-9-14(12)17-15(18)11-19-13-7-2-1-3-8-13/h1-9H,10-11,16H2,(H,17,18). The van der Waals surface area contributed by atoms with Crippen LogP contribution in [0.15, 0.2) is 54.6 Å². The van der Waals surface area contributed by atoms with Crippen molar-refractivity contribution in [2.45, 2.75) is 6.54 Å². The zero-order valence-corrected chi connectivity index (χ0v) is 10.5. The maximum atomic E-state index is 11.8. The van der Waals surface area contributed by atoms with Crippen molar-refractivity contribution in [3.8, 4) is 5.75 Å². The van der Waals surface area contributed by atoms with Gasteiger partial charge >= 0.3 is 0 Å². The number of anilines is 1. The second-order valence-corrected chi connectivity index (χ2v) is 4.01. The summed E-state index contributed by atoms with van der Waals surface area (Å²) in [4.78, 5) is 11.8. The number of para-hydroxylation sites is 2. The Morgan fingerprint density at radius 3 is 2.47 bits per heavy atom. The van der Waals surface area contributed by atoms with Crippen LogP contribution in [0.2, 0.25) is 0 Å². The second-order valence-electron chi connectivity index (χ2n) is 4.01. The molecule has 0 heterocycles. The van der Waals surface area contributed by atoms with Crippen LogP contribution in [0, 0.1) is 0 Å². The fourth-order valence-corrected chi connectivity index (χ4v) is 1.67. The normalized spacial score (nSPS) is 9.95. The fourth-order valence-electron chi connectivity index (χ4n) is 1.67. The van der Waals surface area contributed by atoms with Crippen molar-refractivity contribution in [2.75, 3.05) is 11.9 Å². The largest absolute Gasteiger partial charge is 0.484 e. The highest BCUT2D eigenvalue weighted by atomic mass is 16.5. The molecule has 0 fully saturated rings. The molecule has 2 aromatic rings. The molecule has 0 bridgehead atoms. The van der Waals surface area contributed by atoms with Crippen LogP contribution in [0.3, 0.4) is 0 Å². The Labute approximate surface area is 112 Å². The number of ether oxygens (including phenoxy) is 1. The van der Waals surface area contributed by atoms with Gasteiger partial charge in [0.05, 0.1) is 0 Å². The molecule has 0 unspecified atom stereocenters. The Bertz CT molecular complexity index is 541. The van der Waals surface area contributed by atoms with Crippen LogP contribution in [0.5, 0.6) is 5.75 Å². The summed E-state index contributed by atoms with van der Waals surface area (Å²) >= 11 is 0. The molecule has 2 rings (SSSR count). The maximum absolute atomic E-state index is 11.8. The molecule has 1 amide bonds. The second kappa shape index (κ2) is 6.56. The predicted octanol–water partition coefficient (Wildman–Crippen LogP) is 2.16. The average Bonchev–Trinajstić information content (AvgIpc) is 2.47. The first-order valence-corrected chi connectivity index (χ1v) is 6.05. The Morgan fingerprint density at radius 1 is 1.05 bits per heavy atom. The SMILES string of the molecule is NCc1ccccc1NC(=O)COc1ccccc1. The summed E-state index contributed by atoms with van der Waals surface area (Å²) in [5.74, 6) is 0.467. The number of hydrogen-bond acceptors (Lipinski definition) is 3. The summed E-state index contributed by atoms with van der Waals surface area (Å²) in [6.45, 7) is 0.360. The van der Waals surface area contributed by atoms with Crippen LogP contribution in [0.1, 0.15) is 5.56 Å². The topological polar surface area (TPSA) is 64.3 Å². The molecule has 98 valence electrons. The summed E-state index contributed by atoms with van der Waals surface area (Å²) in [5, 5.41) is 2.79. The molecule has 0 aliphatic carbocycles. The van der Waals surface area contributed by atoms with Crippen molar-refractivity contribution in [2.24, 2.45) is 5.73 Å². The lowest BCUT2D eigenvalue weighted by Crippen LogP contribution is -2.21. The zero-order chi connectivity index (χ0) is 13.5. The van der Waals surface area contributed by atoms with E-state index in [0.29, 0.717) is 12.3 Å². The van der Waals surface area contributed by atoms with E-state index in [4.69, 9.17) is 10.5 Å². The molecule has 3 N–H and O–H groups in total. The van der Waals surface area contributed by atoms with E-state index in [1.54, 1.807) is 12.1 Å². The zero-order valence-electron chi connectivity index (χ0n) is 10.5. The van der Waals surface area contributed by atoms with Crippen molar-refractivity contribution < 1.29 is 9.53 Å². The summed E-state index contributed by atoms with van der Waals surface area (Å²) < 4.78 is 5.37. The smallest absolute Gasteiger partial charge is 0.262 e. The quantitative estimate of drug-likeness (QED) is 0.861. The van der Waals surface area contributed by atoms with Gasteiger partial charge in [-0.3, -0.25) is 4.79 Å². The van der Waals surface area contributed by atoms with E-state index in [1.807, 2.05) is 42.5 Å². The molecule has 2 aromatic carbocycles. The number of amides is 1. The monoisotopic (exact) mass is 256 g/mol. The summed E-state index contributed by atoms with van der Waals surface area (Å²) in [5.41, 5.74) is 7.24. The van der Waals surface area contributed by atoms with Crippen molar-refractivity contribution in [1.29, 1.82) is 0 Å². The van der Waals surface area contributed by atoms with Gasteiger partial charge in [0.1, 0.15) is 5.75 Å². The first kappa shape index (κ1) is 13.1. The van der Waals surface area contributed by atoms with Gasteiger partial charge in [0.15, 0.2) is 6.61 Å². The lowest BCUT2D eigenvalue weighted by molar-refractivity contribution is -0.118. The van der Waals surface area contributed by atoms with Gasteiger partial charge in [-0.25, -0.2) is 0 Å². The molecular formula is C15H16N2O2. The minimum absolute atomic E-state index is 0.0249. The molecule has 4 heteroatoms. The highest BCUT2D eigenvalue weighted by Crippen LogP contribution is 2.14. The van der Waals surface area contributed by atoms with E-state index in [0.717, 1.165) is 11.3 Å². The first-order valence-electron chi connectivity index (χ1n) is 6.05. The Kier molecular flexibility index (Phi) is 4.53. The van der Waals surface area contributed by atoms with Crippen LogP contribution in [-0.4, -0.2) is 12.5 Å². The minimum atomic E-state index is -0.204. The van der Waals surface area contributed by atoms with E-state index in [9.17, 15) is 4.79 Å². The third-order valence-corrected chi connectivity index (χ3v) is 2.62. The van der Waals surface area contributed by atoms with Gasteiger partial charge in [-0.2, -0.15) is 0 Å².